The maximum Gasteiger partial charge on any atom is 0.0941 e. The van der Waals surface area contributed by atoms with Gasteiger partial charge in [-0.15, -0.1) is 11.3 Å². The molecular weight excluding hydrogens is 232 g/mol. The van der Waals surface area contributed by atoms with Gasteiger partial charge in [0.25, 0.3) is 0 Å². The fraction of sp³-hybridized carbons (Fsp3) is 0.769. The van der Waals surface area contributed by atoms with E-state index in [1.807, 2.05) is 11.6 Å². The van der Waals surface area contributed by atoms with E-state index in [1.165, 1.54) is 17.8 Å². The Balaban J connectivity index is 1.98. The molecule has 96 valence electrons. The topological polar surface area (TPSA) is 34.2 Å². The van der Waals surface area contributed by atoms with Gasteiger partial charge in [-0.3, -0.25) is 0 Å². The predicted molar refractivity (Wildman–Crippen MR) is 71.4 cm³/mol. The number of likely N-dealkylation sites (N-methyl/N-ethyl adjacent to an activating group) is 1. The van der Waals surface area contributed by atoms with Gasteiger partial charge in [-0.2, -0.15) is 0 Å². The van der Waals surface area contributed by atoms with Crippen molar-refractivity contribution in [3.8, 4) is 0 Å². The molecule has 0 aliphatic heterocycles. The Morgan fingerprint density at radius 1 is 1.53 bits per heavy atom. The lowest BCUT2D eigenvalue weighted by molar-refractivity contribution is 0.0196. The van der Waals surface area contributed by atoms with Crippen molar-refractivity contribution in [3.63, 3.8) is 0 Å². The average molecular weight is 254 g/mol. The summed E-state index contributed by atoms with van der Waals surface area (Å²) in [6, 6.07) is 0.415. The molecule has 3 nitrogen and oxygen atoms in total. The fourth-order valence-electron chi connectivity index (χ4n) is 2.31. The van der Waals surface area contributed by atoms with Crippen LogP contribution in [0.4, 0.5) is 0 Å². The van der Waals surface area contributed by atoms with Crippen molar-refractivity contribution >= 4 is 11.3 Å². The second kappa shape index (κ2) is 6.47. The molecule has 1 N–H and O–H groups in total. The maximum atomic E-state index is 5.94. The molecule has 1 aromatic rings. The SMILES string of the molecule is CCNC(Cc1nccs1)C(OCC)C1CC1. The molecular formula is C13H22N2OS. The van der Waals surface area contributed by atoms with Gasteiger partial charge in [0.1, 0.15) is 0 Å². The Bertz CT molecular complexity index is 311. The molecule has 1 saturated carbocycles. The summed E-state index contributed by atoms with van der Waals surface area (Å²) in [5, 5.41) is 6.83. The van der Waals surface area contributed by atoms with Gasteiger partial charge in [-0.1, -0.05) is 6.92 Å². The summed E-state index contributed by atoms with van der Waals surface area (Å²) in [6.45, 7) is 6.04. The van der Waals surface area contributed by atoms with E-state index < -0.39 is 0 Å². The van der Waals surface area contributed by atoms with Crippen LogP contribution in [0, 0.1) is 5.92 Å². The van der Waals surface area contributed by atoms with Gasteiger partial charge in [0, 0.05) is 30.6 Å². The average Bonchev–Trinajstić information content (AvgIpc) is 3.04. The molecule has 0 radical (unpaired) electrons. The number of aromatic nitrogens is 1. The van der Waals surface area contributed by atoms with Gasteiger partial charge in [0.05, 0.1) is 11.1 Å². The van der Waals surface area contributed by atoms with Crippen LogP contribution < -0.4 is 5.32 Å². The van der Waals surface area contributed by atoms with E-state index >= 15 is 0 Å². The second-order valence-electron chi connectivity index (χ2n) is 4.55. The third-order valence-corrected chi connectivity index (χ3v) is 3.99. The highest BCUT2D eigenvalue weighted by molar-refractivity contribution is 7.09. The van der Waals surface area contributed by atoms with Crippen molar-refractivity contribution in [1.82, 2.24) is 10.3 Å². The third-order valence-electron chi connectivity index (χ3n) is 3.19. The minimum Gasteiger partial charge on any atom is -0.377 e. The van der Waals surface area contributed by atoms with E-state index in [0.29, 0.717) is 12.1 Å². The van der Waals surface area contributed by atoms with E-state index in [4.69, 9.17) is 4.74 Å². The monoisotopic (exact) mass is 254 g/mol. The molecule has 2 unspecified atom stereocenters. The number of hydrogen-bond donors (Lipinski definition) is 1. The van der Waals surface area contributed by atoms with Gasteiger partial charge in [0.2, 0.25) is 0 Å². The standard InChI is InChI=1S/C13H22N2OS/c1-3-14-11(9-12-15-7-8-17-12)13(16-4-2)10-5-6-10/h7-8,10-11,13-14H,3-6,9H2,1-2H3. The van der Waals surface area contributed by atoms with Crippen molar-refractivity contribution in [2.75, 3.05) is 13.2 Å². The van der Waals surface area contributed by atoms with Crippen LogP contribution in [0.1, 0.15) is 31.7 Å². The van der Waals surface area contributed by atoms with Crippen molar-refractivity contribution in [3.05, 3.63) is 16.6 Å². The van der Waals surface area contributed by atoms with Crippen LogP contribution >= 0.6 is 11.3 Å². The molecule has 17 heavy (non-hydrogen) atoms. The first-order chi connectivity index (χ1) is 8.35. The lowest BCUT2D eigenvalue weighted by Gasteiger charge is -2.27. The fourth-order valence-corrected chi connectivity index (χ4v) is 2.98. The summed E-state index contributed by atoms with van der Waals surface area (Å²) < 4.78 is 5.94. The summed E-state index contributed by atoms with van der Waals surface area (Å²) in [6.07, 6.45) is 5.89. The van der Waals surface area contributed by atoms with Gasteiger partial charge in [0.15, 0.2) is 0 Å². The number of nitrogens with zero attached hydrogens (tertiary/aromatic N) is 1. The van der Waals surface area contributed by atoms with Crippen LogP contribution in [0.2, 0.25) is 0 Å². The van der Waals surface area contributed by atoms with E-state index in [2.05, 4.69) is 24.1 Å². The molecule has 1 aliphatic rings. The van der Waals surface area contributed by atoms with Gasteiger partial charge in [-0.05, 0) is 32.2 Å². The molecule has 1 aromatic heterocycles. The molecule has 0 amide bonds. The van der Waals surface area contributed by atoms with E-state index in [1.54, 1.807) is 11.3 Å². The quantitative estimate of drug-likeness (QED) is 0.774. The second-order valence-corrected chi connectivity index (χ2v) is 5.53. The first kappa shape index (κ1) is 13.0. The lowest BCUT2D eigenvalue weighted by Crippen LogP contribution is -2.44. The summed E-state index contributed by atoms with van der Waals surface area (Å²) in [5.74, 6) is 0.763. The largest absolute Gasteiger partial charge is 0.377 e. The predicted octanol–water partition coefficient (Wildman–Crippen LogP) is 2.48. The number of rotatable bonds is 8. The normalized spacial score (nSPS) is 19.2. The van der Waals surface area contributed by atoms with Gasteiger partial charge >= 0.3 is 0 Å². The summed E-state index contributed by atoms with van der Waals surface area (Å²) in [4.78, 5) is 4.38. The van der Waals surface area contributed by atoms with Crippen molar-refractivity contribution in [2.24, 2.45) is 5.92 Å². The zero-order valence-corrected chi connectivity index (χ0v) is 11.5. The van der Waals surface area contributed by atoms with Gasteiger partial charge in [-0.25, -0.2) is 4.98 Å². The van der Waals surface area contributed by atoms with Crippen LogP contribution in [-0.4, -0.2) is 30.3 Å². The van der Waals surface area contributed by atoms with E-state index in [9.17, 15) is 0 Å². The lowest BCUT2D eigenvalue weighted by atomic mass is 10.0. The zero-order chi connectivity index (χ0) is 12.1. The molecule has 0 saturated heterocycles. The Hall–Kier alpha value is -0.450. The van der Waals surface area contributed by atoms with Crippen LogP contribution in [0.25, 0.3) is 0 Å². The highest BCUT2D eigenvalue weighted by Gasteiger charge is 2.37. The molecule has 0 aromatic carbocycles. The summed E-state index contributed by atoms with van der Waals surface area (Å²) in [5.41, 5.74) is 0. The minimum absolute atomic E-state index is 0.365. The molecule has 4 heteroatoms. The molecule has 1 heterocycles. The molecule has 0 spiro atoms. The highest BCUT2D eigenvalue weighted by atomic mass is 32.1. The Labute approximate surface area is 108 Å². The summed E-state index contributed by atoms with van der Waals surface area (Å²) >= 11 is 1.74. The Kier molecular flexibility index (Phi) is 4.95. The van der Waals surface area contributed by atoms with Gasteiger partial charge < -0.3 is 10.1 Å². The minimum atomic E-state index is 0.365. The van der Waals surface area contributed by atoms with E-state index in [0.717, 1.165) is 25.5 Å². The molecule has 1 aliphatic carbocycles. The van der Waals surface area contributed by atoms with Crippen molar-refractivity contribution in [2.45, 2.75) is 45.3 Å². The van der Waals surface area contributed by atoms with Crippen LogP contribution in [0.5, 0.6) is 0 Å². The number of nitrogens with one attached hydrogen (secondary N) is 1. The smallest absolute Gasteiger partial charge is 0.0941 e. The van der Waals surface area contributed by atoms with Crippen LogP contribution in [-0.2, 0) is 11.2 Å². The van der Waals surface area contributed by atoms with Crippen LogP contribution in [0.3, 0.4) is 0 Å². The summed E-state index contributed by atoms with van der Waals surface area (Å²) in [7, 11) is 0. The number of ether oxygens (including phenoxy) is 1. The Morgan fingerprint density at radius 2 is 2.35 bits per heavy atom. The molecule has 2 atom stereocenters. The zero-order valence-electron chi connectivity index (χ0n) is 10.7. The first-order valence-electron chi connectivity index (χ1n) is 6.58. The first-order valence-corrected chi connectivity index (χ1v) is 7.46. The highest BCUT2D eigenvalue weighted by Crippen LogP contribution is 2.36. The number of thiazole rings is 1. The van der Waals surface area contributed by atoms with Crippen molar-refractivity contribution in [1.29, 1.82) is 0 Å². The van der Waals surface area contributed by atoms with E-state index in [-0.39, 0.29) is 0 Å². The number of hydrogen-bond acceptors (Lipinski definition) is 4. The Morgan fingerprint density at radius 3 is 2.88 bits per heavy atom. The maximum absolute atomic E-state index is 5.94. The molecule has 2 rings (SSSR count). The van der Waals surface area contributed by atoms with Crippen molar-refractivity contribution < 1.29 is 4.74 Å². The van der Waals surface area contributed by atoms with Crippen LogP contribution in [0.15, 0.2) is 11.6 Å². The molecule has 0 bridgehead atoms. The third kappa shape index (κ3) is 3.76. The molecule has 1 fully saturated rings.